The lowest BCUT2D eigenvalue weighted by Crippen LogP contribution is -2.19. The van der Waals surface area contributed by atoms with E-state index in [1.165, 1.54) is 0 Å². The molecule has 3 nitrogen and oxygen atoms in total. The quantitative estimate of drug-likeness (QED) is 0.887. The number of halogens is 2. The fraction of sp³-hybridized carbons (Fsp3) is 0.455. The van der Waals surface area contributed by atoms with Gasteiger partial charge in [-0.05, 0) is 18.6 Å². The van der Waals surface area contributed by atoms with Crippen molar-refractivity contribution in [3.05, 3.63) is 22.2 Å². The summed E-state index contributed by atoms with van der Waals surface area (Å²) in [6.45, 7) is 0.880. The number of aliphatic hydroxyl groups excluding tert-OH is 1. The molecule has 1 aromatic carbocycles. The van der Waals surface area contributed by atoms with E-state index in [2.05, 4.69) is 0 Å². The topological polar surface area (TPSA) is 32.7 Å². The lowest BCUT2D eigenvalue weighted by molar-refractivity contribution is 0.290. The van der Waals surface area contributed by atoms with Gasteiger partial charge in [-0.3, -0.25) is 0 Å². The molecule has 0 saturated carbocycles. The second kappa shape index (κ2) is 6.18. The third-order valence-corrected chi connectivity index (χ3v) is 3.16. The van der Waals surface area contributed by atoms with E-state index in [1.54, 1.807) is 13.2 Å². The summed E-state index contributed by atoms with van der Waals surface area (Å²) < 4.78 is 5.07. The van der Waals surface area contributed by atoms with Gasteiger partial charge < -0.3 is 14.7 Å². The average Bonchev–Trinajstić information content (AvgIpc) is 2.29. The summed E-state index contributed by atoms with van der Waals surface area (Å²) in [5.74, 6) is 0.561. The molecule has 0 fully saturated rings. The van der Waals surface area contributed by atoms with Gasteiger partial charge in [0.2, 0.25) is 0 Å². The number of anilines is 1. The SMILES string of the molecule is COc1ccc(N(C)CCCO)c(Cl)c1Cl. The first-order valence-corrected chi connectivity index (χ1v) is 5.71. The molecule has 0 spiro atoms. The van der Waals surface area contributed by atoms with Crippen molar-refractivity contribution >= 4 is 28.9 Å². The van der Waals surface area contributed by atoms with E-state index in [4.69, 9.17) is 33.0 Å². The van der Waals surface area contributed by atoms with Crippen LogP contribution in [-0.2, 0) is 0 Å². The number of benzene rings is 1. The predicted molar refractivity (Wildman–Crippen MR) is 68.0 cm³/mol. The van der Waals surface area contributed by atoms with E-state index in [9.17, 15) is 0 Å². The van der Waals surface area contributed by atoms with Gasteiger partial charge in [-0.2, -0.15) is 0 Å². The fourth-order valence-electron chi connectivity index (χ4n) is 1.40. The van der Waals surface area contributed by atoms with Crippen LogP contribution in [0.5, 0.6) is 5.75 Å². The Hall–Kier alpha value is -0.640. The predicted octanol–water partition coefficient (Wildman–Crippen LogP) is 2.82. The maximum absolute atomic E-state index is 8.76. The average molecular weight is 264 g/mol. The summed E-state index contributed by atoms with van der Waals surface area (Å²) >= 11 is 12.2. The van der Waals surface area contributed by atoms with Crippen molar-refractivity contribution in [1.82, 2.24) is 0 Å². The van der Waals surface area contributed by atoms with Gasteiger partial charge in [0.1, 0.15) is 10.8 Å². The molecule has 1 rings (SSSR count). The Kier molecular flexibility index (Phi) is 5.19. The minimum absolute atomic E-state index is 0.159. The monoisotopic (exact) mass is 263 g/mol. The van der Waals surface area contributed by atoms with E-state index >= 15 is 0 Å². The van der Waals surface area contributed by atoms with Crippen molar-refractivity contribution < 1.29 is 9.84 Å². The Morgan fingerprint density at radius 3 is 2.56 bits per heavy atom. The molecule has 5 heteroatoms. The zero-order chi connectivity index (χ0) is 12.1. The van der Waals surface area contributed by atoms with E-state index < -0.39 is 0 Å². The molecule has 0 amide bonds. The first-order valence-electron chi connectivity index (χ1n) is 4.95. The number of ether oxygens (including phenoxy) is 1. The summed E-state index contributed by atoms with van der Waals surface area (Å²) in [6, 6.07) is 3.63. The number of nitrogens with zero attached hydrogens (tertiary/aromatic N) is 1. The second-order valence-corrected chi connectivity index (χ2v) is 4.17. The fourth-order valence-corrected chi connectivity index (χ4v) is 1.94. The molecule has 0 atom stereocenters. The van der Waals surface area contributed by atoms with Gasteiger partial charge in [-0.15, -0.1) is 0 Å². The van der Waals surface area contributed by atoms with Crippen molar-refractivity contribution in [2.45, 2.75) is 6.42 Å². The molecule has 90 valence electrons. The van der Waals surface area contributed by atoms with Gasteiger partial charge in [-0.25, -0.2) is 0 Å². The number of rotatable bonds is 5. The van der Waals surface area contributed by atoms with Crippen LogP contribution in [0.3, 0.4) is 0 Å². The van der Waals surface area contributed by atoms with Crippen LogP contribution in [0.15, 0.2) is 12.1 Å². The molecule has 0 aromatic heterocycles. The number of aliphatic hydroxyl groups is 1. The maximum atomic E-state index is 8.76. The number of hydrogen-bond acceptors (Lipinski definition) is 3. The van der Waals surface area contributed by atoms with E-state index in [1.807, 2.05) is 18.0 Å². The maximum Gasteiger partial charge on any atom is 0.139 e. The summed E-state index contributed by atoms with van der Waals surface area (Å²) in [4.78, 5) is 1.95. The van der Waals surface area contributed by atoms with E-state index in [0.717, 1.165) is 12.2 Å². The van der Waals surface area contributed by atoms with Crippen molar-refractivity contribution in [3.63, 3.8) is 0 Å². The molecule has 16 heavy (non-hydrogen) atoms. The smallest absolute Gasteiger partial charge is 0.139 e. The van der Waals surface area contributed by atoms with Crippen molar-refractivity contribution in [2.24, 2.45) is 0 Å². The molecular weight excluding hydrogens is 249 g/mol. The summed E-state index contributed by atoms with van der Waals surface area (Å²) in [5.41, 5.74) is 0.834. The van der Waals surface area contributed by atoms with Crippen LogP contribution < -0.4 is 9.64 Å². The lowest BCUT2D eigenvalue weighted by Gasteiger charge is -2.21. The molecule has 0 unspecified atom stereocenters. The minimum Gasteiger partial charge on any atom is -0.495 e. The third-order valence-electron chi connectivity index (χ3n) is 2.31. The summed E-state index contributed by atoms with van der Waals surface area (Å²) in [6.07, 6.45) is 0.691. The van der Waals surface area contributed by atoms with Crippen LogP contribution in [0, 0.1) is 0 Å². The first-order chi connectivity index (χ1) is 7.61. The second-order valence-electron chi connectivity index (χ2n) is 3.41. The highest BCUT2D eigenvalue weighted by Crippen LogP contribution is 2.38. The molecule has 1 aromatic rings. The van der Waals surface area contributed by atoms with Crippen molar-refractivity contribution in [3.8, 4) is 5.75 Å². The van der Waals surface area contributed by atoms with E-state index in [-0.39, 0.29) is 6.61 Å². The molecular formula is C11H15Cl2NO2. The Morgan fingerprint density at radius 2 is 2.00 bits per heavy atom. The minimum atomic E-state index is 0.159. The largest absolute Gasteiger partial charge is 0.495 e. The molecule has 1 N–H and O–H groups in total. The van der Waals surface area contributed by atoms with Crippen molar-refractivity contribution in [1.29, 1.82) is 0 Å². The Labute approximate surface area is 106 Å². The molecule has 0 bridgehead atoms. The molecule has 0 aliphatic heterocycles. The normalized spacial score (nSPS) is 10.3. The molecule has 0 aliphatic carbocycles. The van der Waals surface area contributed by atoms with Gasteiger partial charge in [0.25, 0.3) is 0 Å². The number of hydrogen-bond donors (Lipinski definition) is 1. The summed E-state index contributed by atoms with van der Waals surface area (Å²) in [5, 5.41) is 9.65. The van der Waals surface area contributed by atoms with Crippen LogP contribution in [-0.4, -0.2) is 32.4 Å². The van der Waals surface area contributed by atoms with Gasteiger partial charge in [-0.1, -0.05) is 23.2 Å². The lowest BCUT2D eigenvalue weighted by atomic mass is 10.2. The van der Waals surface area contributed by atoms with Crippen LogP contribution in [0.2, 0.25) is 10.0 Å². The highest BCUT2D eigenvalue weighted by Gasteiger charge is 2.13. The van der Waals surface area contributed by atoms with Crippen molar-refractivity contribution in [2.75, 3.05) is 32.2 Å². The molecule has 0 saturated heterocycles. The zero-order valence-corrected chi connectivity index (χ0v) is 10.8. The van der Waals surface area contributed by atoms with Gasteiger partial charge in [0.05, 0.1) is 17.8 Å². The van der Waals surface area contributed by atoms with E-state index in [0.29, 0.717) is 22.2 Å². The van der Waals surface area contributed by atoms with Gasteiger partial charge >= 0.3 is 0 Å². The van der Waals surface area contributed by atoms with Gasteiger partial charge in [0, 0.05) is 20.2 Å². The highest BCUT2D eigenvalue weighted by molar-refractivity contribution is 6.44. The van der Waals surface area contributed by atoms with Gasteiger partial charge in [0.15, 0.2) is 0 Å². The molecule has 0 heterocycles. The Balaban J connectivity index is 2.93. The number of methoxy groups -OCH3 is 1. The van der Waals surface area contributed by atoms with Crippen LogP contribution in [0.1, 0.15) is 6.42 Å². The molecule has 0 radical (unpaired) electrons. The standard InChI is InChI=1S/C11H15Cl2NO2/c1-14(6-3-7-15)8-4-5-9(16-2)11(13)10(8)12/h4-5,15H,3,6-7H2,1-2H3. The summed E-state index contributed by atoms with van der Waals surface area (Å²) in [7, 11) is 3.45. The Bertz CT molecular complexity index is 358. The molecule has 0 aliphatic rings. The first kappa shape index (κ1) is 13.4. The Morgan fingerprint density at radius 1 is 1.31 bits per heavy atom. The third kappa shape index (κ3) is 2.94. The highest BCUT2D eigenvalue weighted by atomic mass is 35.5. The van der Waals surface area contributed by atoms with Crippen LogP contribution >= 0.6 is 23.2 Å². The zero-order valence-electron chi connectivity index (χ0n) is 9.33. The van der Waals surface area contributed by atoms with Crippen LogP contribution in [0.4, 0.5) is 5.69 Å². The van der Waals surface area contributed by atoms with Crippen LogP contribution in [0.25, 0.3) is 0 Å².